The molecule has 0 bridgehead atoms. The minimum atomic E-state index is -0.196. The molecule has 3 N–H and O–H groups in total. The standard InChI is InChI=1S/C33H36N10O3/c1-21-12-29(35-18-28(21)24-16-37-32(45-2)38-17-24)43(33(44)39-14-22-6-4-3-5-7-22)27-10-8-25(9-11-27)41-31-36-15-23(13-34)30(42-31)40-26-19-46-20-26/h3-7,12,15-18,25-27H,8-11,14,19-20H2,1-2H3,(H,39,44)(H2,36,40,41,42). The van der Waals surface area contributed by atoms with Crippen LogP contribution in [0.5, 0.6) is 6.01 Å². The number of aryl methyl sites for hydroxylation is 1. The van der Waals surface area contributed by atoms with E-state index in [4.69, 9.17) is 14.5 Å². The van der Waals surface area contributed by atoms with Crippen molar-refractivity contribution < 1.29 is 14.3 Å². The highest BCUT2D eigenvalue weighted by Gasteiger charge is 2.32. The molecule has 1 saturated carbocycles. The molecule has 0 spiro atoms. The fourth-order valence-corrected chi connectivity index (χ4v) is 5.67. The fraction of sp³-hybridized carbons (Fsp3) is 0.364. The van der Waals surface area contributed by atoms with E-state index in [-0.39, 0.29) is 24.2 Å². The molecule has 1 aromatic carbocycles. The van der Waals surface area contributed by atoms with E-state index in [1.54, 1.807) is 23.5 Å². The smallest absolute Gasteiger partial charge is 0.323 e. The predicted octanol–water partition coefficient (Wildman–Crippen LogP) is 4.47. The minimum Gasteiger partial charge on any atom is -0.467 e. The number of pyridine rings is 1. The highest BCUT2D eigenvalue weighted by Crippen LogP contribution is 2.31. The van der Waals surface area contributed by atoms with Crippen LogP contribution in [0.4, 0.5) is 22.4 Å². The van der Waals surface area contributed by atoms with Crippen molar-refractivity contribution in [2.75, 3.05) is 35.9 Å². The molecule has 46 heavy (non-hydrogen) atoms. The number of rotatable bonds is 10. The van der Waals surface area contributed by atoms with Crippen molar-refractivity contribution in [1.29, 1.82) is 5.26 Å². The first-order valence-electron chi connectivity index (χ1n) is 15.3. The second-order valence-electron chi connectivity index (χ2n) is 11.4. The zero-order chi connectivity index (χ0) is 31.9. The Morgan fingerprint density at radius 1 is 1.00 bits per heavy atom. The third-order valence-electron chi connectivity index (χ3n) is 8.25. The van der Waals surface area contributed by atoms with Crippen molar-refractivity contribution in [3.63, 3.8) is 0 Å². The molecule has 1 aliphatic carbocycles. The molecule has 4 heterocycles. The van der Waals surface area contributed by atoms with Gasteiger partial charge in [0.25, 0.3) is 0 Å². The number of aromatic nitrogens is 5. The van der Waals surface area contributed by atoms with Crippen LogP contribution in [0.1, 0.15) is 42.4 Å². The number of anilines is 3. The highest BCUT2D eigenvalue weighted by atomic mass is 16.5. The number of nitriles is 1. The monoisotopic (exact) mass is 620 g/mol. The maximum atomic E-state index is 13.8. The molecule has 13 nitrogen and oxygen atoms in total. The normalized spacial score (nSPS) is 17.7. The molecule has 2 aliphatic rings. The van der Waals surface area contributed by atoms with Gasteiger partial charge in [0.15, 0.2) is 0 Å². The maximum absolute atomic E-state index is 13.8. The molecule has 2 amide bonds. The summed E-state index contributed by atoms with van der Waals surface area (Å²) in [5.41, 5.74) is 4.06. The van der Waals surface area contributed by atoms with Crippen LogP contribution in [0.25, 0.3) is 11.1 Å². The first-order chi connectivity index (χ1) is 22.5. The quantitative estimate of drug-likeness (QED) is 0.229. The number of amides is 2. The van der Waals surface area contributed by atoms with E-state index >= 15 is 0 Å². The molecular weight excluding hydrogens is 584 g/mol. The van der Waals surface area contributed by atoms with Crippen molar-refractivity contribution in [3.05, 3.63) is 77.9 Å². The van der Waals surface area contributed by atoms with Crippen LogP contribution in [-0.2, 0) is 11.3 Å². The van der Waals surface area contributed by atoms with E-state index in [2.05, 4.69) is 42.0 Å². The lowest BCUT2D eigenvalue weighted by Gasteiger charge is -2.36. The van der Waals surface area contributed by atoms with Gasteiger partial charge in [0, 0.05) is 48.3 Å². The molecule has 6 rings (SSSR count). The summed E-state index contributed by atoms with van der Waals surface area (Å²) in [6.45, 7) is 3.57. The summed E-state index contributed by atoms with van der Waals surface area (Å²) in [4.78, 5) is 37.8. The molecule has 0 unspecified atom stereocenters. The molecule has 0 radical (unpaired) electrons. The Hall–Kier alpha value is -5.35. The van der Waals surface area contributed by atoms with Crippen molar-refractivity contribution in [3.8, 4) is 23.2 Å². The first-order valence-corrected chi connectivity index (χ1v) is 15.3. The summed E-state index contributed by atoms with van der Waals surface area (Å²) < 4.78 is 10.3. The van der Waals surface area contributed by atoms with Gasteiger partial charge in [0.2, 0.25) is 5.95 Å². The van der Waals surface area contributed by atoms with Gasteiger partial charge < -0.3 is 25.4 Å². The molecule has 2 fully saturated rings. The number of nitrogens with zero attached hydrogens (tertiary/aromatic N) is 7. The summed E-state index contributed by atoms with van der Waals surface area (Å²) in [6, 6.07) is 14.2. The Morgan fingerprint density at radius 3 is 2.41 bits per heavy atom. The second kappa shape index (κ2) is 14.2. The predicted molar refractivity (Wildman–Crippen MR) is 172 cm³/mol. The fourth-order valence-electron chi connectivity index (χ4n) is 5.67. The lowest BCUT2D eigenvalue weighted by Crippen LogP contribution is -2.49. The van der Waals surface area contributed by atoms with E-state index in [0.717, 1.165) is 47.9 Å². The topological polar surface area (TPSA) is 163 Å². The second-order valence-corrected chi connectivity index (χ2v) is 11.4. The summed E-state index contributed by atoms with van der Waals surface area (Å²) in [5, 5.41) is 19.3. The summed E-state index contributed by atoms with van der Waals surface area (Å²) in [5.74, 6) is 1.57. The number of ether oxygens (including phenoxy) is 2. The number of benzene rings is 1. The van der Waals surface area contributed by atoms with Gasteiger partial charge in [-0.05, 0) is 49.8 Å². The highest BCUT2D eigenvalue weighted by molar-refractivity contribution is 5.92. The molecule has 13 heteroatoms. The molecule has 3 aromatic heterocycles. The Kier molecular flexibility index (Phi) is 9.45. The zero-order valence-corrected chi connectivity index (χ0v) is 25.8. The van der Waals surface area contributed by atoms with Gasteiger partial charge in [-0.25, -0.2) is 24.7 Å². The number of nitrogens with one attached hydrogen (secondary N) is 3. The van der Waals surface area contributed by atoms with Gasteiger partial charge in [-0.3, -0.25) is 4.90 Å². The largest absolute Gasteiger partial charge is 0.467 e. The number of hydrogen-bond donors (Lipinski definition) is 3. The third kappa shape index (κ3) is 7.13. The van der Waals surface area contributed by atoms with Gasteiger partial charge in [0.1, 0.15) is 23.3 Å². The lowest BCUT2D eigenvalue weighted by molar-refractivity contribution is 0.0209. The molecule has 236 valence electrons. The summed E-state index contributed by atoms with van der Waals surface area (Å²) >= 11 is 0. The maximum Gasteiger partial charge on any atom is 0.323 e. The zero-order valence-electron chi connectivity index (χ0n) is 25.8. The van der Waals surface area contributed by atoms with E-state index in [1.165, 1.54) is 13.3 Å². The third-order valence-corrected chi connectivity index (χ3v) is 8.25. The Balaban J connectivity index is 1.17. The molecular formula is C33H36N10O3. The van der Waals surface area contributed by atoms with Gasteiger partial charge in [0.05, 0.1) is 32.6 Å². The van der Waals surface area contributed by atoms with E-state index in [1.807, 2.05) is 43.3 Å². The van der Waals surface area contributed by atoms with Gasteiger partial charge in [-0.15, -0.1) is 0 Å². The van der Waals surface area contributed by atoms with Crippen LogP contribution in [0.2, 0.25) is 0 Å². The molecule has 1 saturated heterocycles. The molecule has 1 aliphatic heterocycles. The average Bonchev–Trinajstić information content (AvgIpc) is 3.07. The SMILES string of the molecule is COc1ncc(-c2cnc(N(C(=O)NCc3ccccc3)C3CCC(Nc4ncc(C#N)c(NC5COC5)n4)CC3)cc2C)cn1. The molecule has 0 atom stereocenters. The Labute approximate surface area is 267 Å². The van der Waals surface area contributed by atoms with Crippen LogP contribution < -0.4 is 25.6 Å². The average molecular weight is 621 g/mol. The van der Waals surface area contributed by atoms with Crippen molar-refractivity contribution in [2.45, 2.75) is 57.3 Å². The summed E-state index contributed by atoms with van der Waals surface area (Å²) in [6.07, 6.45) is 9.82. The van der Waals surface area contributed by atoms with Crippen LogP contribution in [0.3, 0.4) is 0 Å². The number of urea groups is 1. The van der Waals surface area contributed by atoms with E-state index in [0.29, 0.717) is 48.9 Å². The van der Waals surface area contributed by atoms with Gasteiger partial charge in [-0.1, -0.05) is 30.3 Å². The number of carbonyl (C=O) groups is 1. The van der Waals surface area contributed by atoms with Crippen molar-refractivity contribution in [1.82, 2.24) is 30.2 Å². The number of methoxy groups -OCH3 is 1. The van der Waals surface area contributed by atoms with E-state index < -0.39 is 0 Å². The van der Waals surface area contributed by atoms with Gasteiger partial charge >= 0.3 is 12.0 Å². The van der Waals surface area contributed by atoms with Crippen LogP contribution in [0.15, 0.2) is 61.2 Å². The number of hydrogen-bond acceptors (Lipinski definition) is 11. The first kappa shape index (κ1) is 30.7. The Morgan fingerprint density at radius 2 is 1.76 bits per heavy atom. The lowest BCUT2D eigenvalue weighted by atomic mass is 9.90. The Bertz CT molecular complexity index is 1680. The number of carbonyl (C=O) groups excluding carboxylic acids is 1. The van der Waals surface area contributed by atoms with Crippen LogP contribution in [-0.4, -0.2) is 69.4 Å². The molecule has 4 aromatic rings. The summed E-state index contributed by atoms with van der Waals surface area (Å²) in [7, 11) is 1.53. The van der Waals surface area contributed by atoms with Gasteiger partial charge in [-0.2, -0.15) is 10.2 Å². The minimum absolute atomic E-state index is 0.0615. The van der Waals surface area contributed by atoms with Crippen molar-refractivity contribution >= 4 is 23.6 Å². The van der Waals surface area contributed by atoms with Crippen molar-refractivity contribution in [2.24, 2.45) is 0 Å². The van der Waals surface area contributed by atoms with E-state index in [9.17, 15) is 10.1 Å². The van der Waals surface area contributed by atoms with Crippen LogP contribution >= 0.6 is 0 Å². The van der Waals surface area contributed by atoms with Crippen LogP contribution in [0, 0.1) is 18.3 Å².